The van der Waals surface area contributed by atoms with Crippen LogP contribution >= 0.6 is 0 Å². The predicted octanol–water partition coefficient (Wildman–Crippen LogP) is 3.15. The van der Waals surface area contributed by atoms with Crippen LogP contribution in [0.25, 0.3) is 11.0 Å². The van der Waals surface area contributed by atoms with Gasteiger partial charge in [0.05, 0.1) is 25.9 Å². The second-order valence-electron chi connectivity index (χ2n) is 5.83. The van der Waals surface area contributed by atoms with E-state index < -0.39 is 6.10 Å². The first-order chi connectivity index (χ1) is 11.2. The van der Waals surface area contributed by atoms with Crippen LogP contribution in [-0.2, 0) is 14.3 Å². The fourth-order valence-electron chi connectivity index (χ4n) is 2.91. The van der Waals surface area contributed by atoms with E-state index in [0.29, 0.717) is 26.4 Å². The molecular weight excluding hydrogens is 294 g/mol. The van der Waals surface area contributed by atoms with Crippen LogP contribution in [0, 0.1) is 0 Å². The highest BCUT2D eigenvalue weighted by Crippen LogP contribution is 2.28. The van der Waals surface area contributed by atoms with Gasteiger partial charge in [-0.2, -0.15) is 0 Å². The highest BCUT2D eigenvalue weighted by atomic mass is 16.6. The van der Waals surface area contributed by atoms with Crippen LogP contribution in [0.3, 0.4) is 0 Å². The molecule has 0 saturated carbocycles. The van der Waals surface area contributed by atoms with E-state index in [1.54, 1.807) is 0 Å². The van der Waals surface area contributed by atoms with Crippen LogP contribution in [0.5, 0.6) is 0 Å². The zero-order chi connectivity index (χ0) is 16.2. The Labute approximate surface area is 136 Å². The molecule has 0 N–H and O–H groups in total. The standard InChI is InChI=1S/C18H23NO4/c1-3-8-19(18(20)17-12-21-9-10-22-17)13(2)16-11-14-6-4-5-7-15(14)23-16/h4-7,11,13,17H,3,8-10,12H2,1-2H3/t13-,17+/m0/s1. The minimum atomic E-state index is -0.512. The van der Waals surface area contributed by atoms with Gasteiger partial charge >= 0.3 is 0 Å². The molecule has 5 nitrogen and oxygen atoms in total. The zero-order valence-electron chi connectivity index (χ0n) is 13.7. The van der Waals surface area contributed by atoms with E-state index in [4.69, 9.17) is 13.9 Å². The Morgan fingerprint density at radius 1 is 1.35 bits per heavy atom. The number of nitrogens with zero attached hydrogens (tertiary/aromatic N) is 1. The van der Waals surface area contributed by atoms with Gasteiger partial charge in [-0.1, -0.05) is 25.1 Å². The van der Waals surface area contributed by atoms with Gasteiger partial charge < -0.3 is 18.8 Å². The van der Waals surface area contributed by atoms with Crippen molar-refractivity contribution in [1.29, 1.82) is 0 Å². The van der Waals surface area contributed by atoms with Crippen molar-refractivity contribution in [3.8, 4) is 0 Å². The summed E-state index contributed by atoms with van der Waals surface area (Å²) in [6, 6.07) is 9.75. The summed E-state index contributed by atoms with van der Waals surface area (Å²) >= 11 is 0. The van der Waals surface area contributed by atoms with E-state index in [1.807, 2.05) is 42.2 Å². The van der Waals surface area contributed by atoms with E-state index in [0.717, 1.165) is 23.2 Å². The summed E-state index contributed by atoms with van der Waals surface area (Å²) in [7, 11) is 0. The first-order valence-electron chi connectivity index (χ1n) is 8.19. The molecule has 2 atom stereocenters. The van der Waals surface area contributed by atoms with Crippen LogP contribution in [0.2, 0.25) is 0 Å². The number of benzene rings is 1. The van der Waals surface area contributed by atoms with E-state index in [1.165, 1.54) is 0 Å². The third kappa shape index (κ3) is 3.41. The molecule has 0 unspecified atom stereocenters. The molecule has 1 aliphatic rings. The molecule has 0 spiro atoms. The van der Waals surface area contributed by atoms with E-state index >= 15 is 0 Å². The number of amides is 1. The molecule has 1 aromatic carbocycles. The second kappa shape index (κ2) is 7.15. The van der Waals surface area contributed by atoms with E-state index in [-0.39, 0.29) is 11.9 Å². The Balaban J connectivity index is 1.82. The van der Waals surface area contributed by atoms with Gasteiger partial charge in [0.15, 0.2) is 6.10 Å². The van der Waals surface area contributed by atoms with Crippen molar-refractivity contribution in [2.45, 2.75) is 32.4 Å². The number of para-hydroxylation sites is 1. The predicted molar refractivity (Wildman–Crippen MR) is 87.2 cm³/mol. The molecule has 124 valence electrons. The molecule has 2 heterocycles. The normalized spacial score (nSPS) is 19.7. The van der Waals surface area contributed by atoms with Crippen molar-refractivity contribution in [3.05, 3.63) is 36.1 Å². The van der Waals surface area contributed by atoms with Crippen molar-refractivity contribution < 1.29 is 18.7 Å². The third-order valence-corrected chi connectivity index (χ3v) is 4.16. The number of fused-ring (bicyclic) bond motifs is 1. The SMILES string of the molecule is CCCN(C(=O)[C@H]1COCCO1)[C@@H](C)c1cc2ccccc2o1. The number of carbonyl (C=O) groups excluding carboxylic acids is 1. The van der Waals surface area contributed by atoms with Gasteiger partial charge in [0.1, 0.15) is 11.3 Å². The lowest BCUT2D eigenvalue weighted by Gasteiger charge is -2.32. The topological polar surface area (TPSA) is 51.9 Å². The van der Waals surface area contributed by atoms with Gasteiger partial charge in [-0.05, 0) is 25.5 Å². The van der Waals surface area contributed by atoms with Gasteiger partial charge in [0, 0.05) is 11.9 Å². The summed E-state index contributed by atoms with van der Waals surface area (Å²) < 4.78 is 16.9. The van der Waals surface area contributed by atoms with Crippen LogP contribution in [0.1, 0.15) is 32.1 Å². The summed E-state index contributed by atoms with van der Waals surface area (Å²) in [5.41, 5.74) is 0.843. The highest BCUT2D eigenvalue weighted by molar-refractivity contribution is 5.82. The number of hydrogen-bond acceptors (Lipinski definition) is 4. The molecule has 23 heavy (non-hydrogen) atoms. The average Bonchev–Trinajstić information content (AvgIpc) is 3.03. The fourth-order valence-corrected chi connectivity index (χ4v) is 2.91. The van der Waals surface area contributed by atoms with Gasteiger partial charge in [-0.25, -0.2) is 0 Å². The molecule has 3 rings (SSSR count). The van der Waals surface area contributed by atoms with Gasteiger partial charge in [-0.3, -0.25) is 4.79 Å². The largest absolute Gasteiger partial charge is 0.459 e. The molecule has 1 saturated heterocycles. The van der Waals surface area contributed by atoms with Crippen LogP contribution in [0.4, 0.5) is 0 Å². The van der Waals surface area contributed by atoms with E-state index in [2.05, 4.69) is 6.92 Å². The fraction of sp³-hybridized carbons (Fsp3) is 0.500. The number of carbonyl (C=O) groups is 1. The lowest BCUT2D eigenvalue weighted by atomic mass is 10.1. The molecule has 0 radical (unpaired) electrons. The Bertz CT molecular complexity index is 627. The molecule has 0 bridgehead atoms. The number of rotatable bonds is 5. The molecule has 5 heteroatoms. The number of hydrogen-bond donors (Lipinski definition) is 0. The smallest absolute Gasteiger partial charge is 0.254 e. The van der Waals surface area contributed by atoms with Gasteiger partial charge in [-0.15, -0.1) is 0 Å². The van der Waals surface area contributed by atoms with Crippen molar-refractivity contribution in [3.63, 3.8) is 0 Å². The zero-order valence-corrected chi connectivity index (χ0v) is 13.7. The molecular formula is C18H23NO4. The molecule has 1 aromatic heterocycles. The van der Waals surface area contributed by atoms with Crippen molar-refractivity contribution in [2.24, 2.45) is 0 Å². The second-order valence-corrected chi connectivity index (χ2v) is 5.83. The number of ether oxygens (including phenoxy) is 2. The Hall–Kier alpha value is -1.85. The number of furan rings is 1. The first kappa shape index (κ1) is 16.0. The van der Waals surface area contributed by atoms with Crippen LogP contribution < -0.4 is 0 Å². The van der Waals surface area contributed by atoms with Crippen LogP contribution in [-0.4, -0.2) is 43.3 Å². The first-order valence-corrected chi connectivity index (χ1v) is 8.19. The Morgan fingerprint density at radius 2 is 2.17 bits per heavy atom. The summed E-state index contributed by atoms with van der Waals surface area (Å²) in [6.45, 7) is 6.06. The lowest BCUT2D eigenvalue weighted by Crippen LogP contribution is -2.46. The van der Waals surface area contributed by atoms with Crippen molar-refractivity contribution >= 4 is 16.9 Å². The van der Waals surface area contributed by atoms with Crippen molar-refractivity contribution in [2.75, 3.05) is 26.4 Å². The summed E-state index contributed by atoms with van der Waals surface area (Å²) in [5.74, 6) is 0.768. The van der Waals surface area contributed by atoms with Crippen LogP contribution in [0.15, 0.2) is 34.7 Å². The lowest BCUT2D eigenvalue weighted by molar-refractivity contribution is -0.160. The van der Waals surface area contributed by atoms with Gasteiger partial charge in [0.2, 0.25) is 0 Å². The molecule has 2 aromatic rings. The van der Waals surface area contributed by atoms with Gasteiger partial charge in [0.25, 0.3) is 5.91 Å². The summed E-state index contributed by atoms with van der Waals surface area (Å²) in [6.07, 6.45) is 0.367. The van der Waals surface area contributed by atoms with Crippen molar-refractivity contribution in [1.82, 2.24) is 4.90 Å². The Morgan fingerprint density at radius 3 is 2.87 bits per heavy atom. The highest BCUT2D eigenvalue weighted by Gasteiger charge is 2.31. The average molecular weight is 317 g/mol. The molecule has 1 fully saturated rings. The maximum Gasteiger partial charge on any atom is 0.254 e. The molecule has 1 aliphatic heterocycles. The monoisotopic (exact) mass is 317 g/mol. The third-order valence-electron chi connectivity index (χ3n) is 4.16. The summed E-state index contributed by atoms with van der Waals surface area (Å²) in [5, 5.41) is 1.05. The quantitative estimate of drug-likeness (QED) is 0.850. The maximum absolute atomic E-state index is 12.8. The molecule has 0 aliphatic carbocycles. The minimum Gasteiger partial charge on any atom is -0.459 e. The minimum absolute atomic E-state index is 0.0282. The van der Waals surface area contributed by atoms with E-state index in [9.17, 15) is 4.79 Å². The summed E-state index contributed by atoms with van der Waals surface area (Å²) in [4.78, 5) is 14.6. The Kier molecular flexibility index (Phi) is 4.98. The maximum atomic E-state index is 12.8. The molecule has 1 amide bonds.